The number of rotatable bonds is 6. The fourth-order valence-electron chi connectivity index (χ4n) is 1.20. The molecule has 0 radical (unpaired) electrons. The second kappa shape index (κ2) is 6.04. The second-order valence-corrected chi connectivity index (χ2v) is 5.39. The molecule has 16 heavy (non-hydrogen) atoms. The summed E-state index contributed by atoms with van der Waals surface area (Å²) in [6.45, 7) is 3.86. The topological polar surface area (TPSA) is 55.8 Å². The van der Waals surface area contributed by atoms with Gasteiger partial charge >= 0.3 is 7.60 Å². The van der Waals surface area contributed by atoms with Crippen molar-refractivity contribution in [3.63, 3.8) is 0 Å². The fraction of sp³-hybridized carbons (Fsp3) is 0.455. The molecule has 1 unspecified atom stereocenters. The first-order chi connectivity index (χ1) is 7.57. The third-order valence-electron chi connectivity index (χ3n) is 2.09. The van der Waals surface area contributed by atoms with Crippen molar-refractivity contribution in [2.45, 2.75) is 26.7 Å². The van der Waals surface area contributed by atoms with Crippen LogP contribution in [-0.2, 0) is 15.7 Å². The summed E-state index contributed by atoms with van der Waals surface area (Å²) in [6.07, 6.45) is 1.61. The van der Waals surface area contributed by atoms with Crippen molar-refractivity contribution in [3.05, 3.63) is 29.8 Å². The Hall–Kier alpha value is -0.830. The molecule has 0 spiro atoms. The van der Waals surface area contributed by atoms with Gasteiger partial charge in [0.25, 0.3) is 0 Å². The summed E-state index contributed by atoms with van der Waals surface area (Å²) in [4.78, 5) is 14.1. The lowest BCUT2D eigenvalue weighted by molar-refractivity contribution is -0.109. The Balaban J connectivity index is 2.51. The van der Waals surface area contributed by atoms with Gasteiger partial charge in [0.1, 0.15) is 0 Å². The highest BCUT2D eigenvalue weighted by molar-refractivity contribution is 7.52. The van der Waals surface area contributed by atoms with Gasteiger partial charge in [0.15, 0.2) is 5.75 Å². The minimum absolute atomic E-state index is 0.0973. The zero-order chi connectivity index (χ0) is 12.0. The van der Waals surface area contributed by atoms with Crippen molar-refractivity contribution in [2.24, 2.45) is 0 Å². The van der Waals surface area contributed by atoms with Gasteiger partial charge in [0.05, 0.1) is 6.16 Å². The molecular weight excluding hydrogens is 227 g/mol. The first-order valence-electron chi connectivity index (χ1n) is 5.34. The van der Waals surface area contributed by atoms with Gasteiger partial charge in [0.2, 0.25) is 0 Å². The molecule has 0 aliphatic rings. The highest BCUT2D eigenvalue weighted by Crippen LogP contribution is 2.42. The maximum Gasteiger partial charge on any atom is 0.366 e. The van der Waals surface area contributed by atoms with Crippen LogP contribution in [0.25, 0.3) is 0 Å². The molecule has 1 aromatic rings. The Morgan fingerprint density at radius 1 is 1.25 bits per heavy atom. The van der Waals surface area contributed by atoms with E-state index >= 15 is 0 Å². The van der Waals surface area contributed by atoms with E-state index in [1.807, 2.05) is 19.1 Å². The van der Waals surface area contributed by atoms with Crippen LogP contribution in [0.2, 0.25) is 0 Å². The minimum atomic E-state index is -3.60. The van der Waals surface area contributed by atoms with Gasteiger partial charge in [-0.05, 0) is 30.5 Å². The van der Waals surface area contributed by atoms with E-state index in [4.69, 9.17) is 4.89 Å². The van der Waals surface area contributed by atoms with Crippen molar-refractivity contribution < 1.29 is 19.0 Å². The van der Waals surface area contributed by atoms with E-state index < -0.39 is 7.60 Å². The van der Waals surface area contributed by atoms with Crippen molar-refractivity contribution in [1.82, 2.24) is 0 Å². The Labute approximate surface area is 95.7 Å². The lowest BCUT2D eigenvalue weighted by Crippen LogP contribution is -1.98. The molecule has 1 N–H and O–H groups in total. The average Bonchev–Trinajstić information content (AvgIpc) is 2.27. The van der Waals surface area contributed by atoms with Crippen LogP contribution in [0.3, 0.4) is 0 Å². The smallest absolute Gasteiger partial charge is 0.329 e. The number of aryl methyl sites for hydroxylation is 1. The average molecular weight is 244 g/mol. The molecule has 5 heteroatoms. The maximum absolute atomic E-state index is 11.3. The summed E-state index contributed by atoms with van der Waals surface area (Å²) >= 11 is 0. The standard InChI is InChI=1S/C11H17O4P/c1-3-9-16(12,13)15-14-11-7-5-10(4-2)6-8-11/h5-8H,3-4,9H2,1-2H3,(H,12,13). The Kier molecular flexibility index (Phi) is 5.00. The van der Waals surface area contributed by atoms with Crippen molar-refractivity contribution in [2.75, 3.05) is 6.16 Å². The first kappa shape index (κ1) is 13.2. The zero-order valence-electron chi connectivity index (χ0n) is 9.55. The number of hydrogen-bond acceptors (Lipinski definition) is 3. The predicted octanol–water partition coefficient (Wildman–Crippen LogP) is 3.15. The quantitative estimate of drug-likeness (QED) is 0.474. The summed E-state index contributed by atoms with van der Waals surface area (Å²) in [5.74, 6) is 0.433. The molecule has 0 heterocycles. The normalized spacial score (nSPS) is 14.4. The van der Waals surface area contributed by atoms with Gasteiger partial charge < -0.3 is 9.78 Å². The van der Waals surface area contributed by atoms with Gasteiger partial charge in [-0.2, -0.15) is 0 Å². The van der Waals surface area contributed by atoms with Crippen molar-refractivity contribution >= 4 is 7.60 Å². The molecule has 0 fully saturated rings. The fourth-order valence-corrected chi connectivity index (χ4v) is 2.04. The molecule has 0 saturated carbocycles. The van der Waals surface area contributed by atoms with Gasteiger partial charge in [0, 0.05) is 0 Å². The molecule has 0 aromatic heterocycles. The summed E-state index contributed by atoms with van der Waals surface area (Å²) in [7, 11) is -3.60. The first-order valence-corrected chi connectivity index (χ1v) is 7.10. The summed E-state index contributed by atoms with van der Waals surface area (Å²) < 4.78 is 15.9. The highest BCUT2D eigenvalue weighted by atomic mass is 31.2. The molecule has 1 aromatic carbocycles. The van der Waals surface area contributed by atoms with E-state index in [-0.39, 0.29) is 6.16 Å². The van der Waals surface area contributed by atoms with Crippen LogP contribution in [0.4, 0.5) is 0 Å². The third kappa shape index (κ3) is 4.35. The van der Waals surface area contributed by atoms with Crippen LogP contribution in [0.15, 0.2) is 24.3 Å². The molecule has 0 saturated heterocycles. The lowest BCUT2D eigenvalue weighted by Gasteiger charge is -2.10. The molecule has 0 aliphatic carbocycles. The predicted molar refractivity (Wildman–Crippen MR) is 62.5 cm³/mol. The van der Waals surface area contributed by atoms with Gasteiger partial charge in [-0.15, -0.1) is 0 Å². The molecule has 1 rings (SSSR count). The van der Waals surface area contributed by atoms with E-state index in [0.717, 1.165) is 6.42 Å². The van der Waals surface area contributed by atoms with Gasteiger partial charge in [-0.3, -0.25) is 4.57 Å². The second-order valence-electron chi connectivity index (χ2n) is 3.52. The van der Waals surface area contributed by atoms with Crippen LogP contribution in [0.5, 0.6) is 5.75 Å². The van der Waals surface area contributed by atoms with Crippen LogP contribution in [-0.4, -0.2) is 11.1 Å². The van der Waals surface area contributed by atoms with Crippen molar-refractivity contribution in [3.8, 4) is 5.75 Å². The van der Waals surface area contributed by atoms with Crippen LogP contribution < -0.4 is 4.89 Å². The van der Waals surface area contributed by atoms with E-state index in [1.165, 1.54) is 5.56 Å². The van der Waals surface area contributed by atoms with E-state index in [9.17, 15) is 9.46 Å². The minimum Gasteiger partial charge on any atom is -0.329 e. The molecule has 4 nitrogen and oxygen atoms in total. The highest BCUT2D eigenvalue weighted by Gasteiger charge is 2.19. The van der Waals surface area contributed by atoms with E-state index in [2.05, 4.69) is 11.6 Å². The Bertz CT molecular complexity index is 361. The number of hydrogen-bond donors (Lipinski definition) is 1. The molecular formula is C11H17O4P. The molecule has 0 amide bonds. The molecule has 0 bridgehead atoms. The van der Waals surface area contributed by atoms with Crippen molar-refractivity contribution in [1.29, 1.82) is 0 Å². The Morgan fingerprint density at radius 3 is 2.38 bits per heavy atom. The van der Waals surface area contributed by atoms with Gasteiger partial charge in [-0.25, -0.2) is 0 Å². The van der Waals surface area contributed by atoms with Crippen LogP contribution >= 0.6 is 7.60 Å². The van der Waals surface area contributed by atoms with Gasteiger partial charge in [-0.1, -0.05) is 30.7 Å². The summed E-state index contributed by atoms with van der Waals surface area (Å²) in [5, 5.41) is 0. The molecule has 90 valence electrons. The van der Waals surface area contributed by atoms with Crippen LogP contribution in [0, 0.1) is 0 Å². The van der Waals surface area contributed by atoms with E-state index in [1.54, 1.807) is 12.1 Å². The van der Waals surface area contributed by atoms with E-state index in [0.29, 0.717) is 12.2 Å². The maximum atomic E-state index is 11.3. The van der Waals surface area contributed by atoms with Crippen LogP contribution in [0.1, 0.15) is 25.8 Å². The summed E-state index contributed by atoms with van der Waals surface area (Å²) in [5.41, 5.74) is 1.17. The third-order valence-corrected chi connectivity index (χ3v) is 3.41. The summed E-state index contributed by atoms with van der Waals surface area (Å²) in [6, 6.07) is 7.21. The zero-order valence-corrected chi connectivity index (χ0v) is 10.4. The lowest BCUT2D eigenvalue weighted by atomic mass is 10.2. The SMILES string of the molecule is CCCP(=O)(O)OOc1ccc(CC)cc1. The monoisotopic (exact) mass is 244 g/mol. The number of benzene rings is 1. The largest absolute Gasteiger partial charge is 0.366 e. The Morgan fingerprint density at radius 2 is 1.88 bits per heavy atom. The molecule has 1 atom stereocenters. The molecule has 0 aliphatic heterocycles.